The first kappa shape index (κ1) is 21.6. The van der Waals surface area contributed by atoms with E-state index in [-0.39, 0.29) is 29.7 Å². The van der Waals surface area contributed by atoms with Crippen molar-refractivity contribution in [2.24, 2.45) is 4.99 Å². The Bertz CT molecular complexity index is 635. The number of thioether (sulfide) groups is 1. The number of guanidine groups is 1. The first-order valence-corrected chi connectivity index (χ1v) is 9.07. The highest BCUT2D eigenvalue weighted by molar-refractivity contribution is 14.0. The van der Waals surface area contributed by atoms with Crippen molar-refractivity contribution in [3.63, 3.8) is 0 Å². The quantitative estimate of drug-likeness (QED) is 0.245. The minimum atomic E-state index is 0. The normalized spacial score (nSPS) is 12.2. The maximum absolute atomic E-state index is 9.32. The number of hydrogen-bond donors (Lipinski definition) is 3. The molecule has 0 bridgehead atoms. The van der Waals surface area contributed by atoms with E-state index < -0.39 is 0 Å². The monoisotopic (exact) mass is 471 g/mol. The van der Waals surface area contributed by atoms with Crippen molar-refractivity contribution in [1.29, 1.82) is 0 Å². The molecule has 1 unspecified atom stereocenters. The van der Waals surface area contributed by atoms with Gasteiger partial charge in [0, 0.05) is 23.2 Å². The van der Waals surface area contributed by atoms with Crippen LogP contribution in [-0.2, 0) is 6.54 Å². The van der Waals surface area contributed by atoms with E-state index in [4.69, 9.17) is 0 Å². The molecule has 0 aliphatic rings. The summed E-state index contributed by atoms with van der Waals surface area (Å²) in [5, 5.41) is 16.4. The van der Waals surface area contributed by atoms with Crippen LogP contribution in [0, 0.1) is 0 Å². The fourth-order valence-electron chi connectivity index (χ4n) is 2.13. The number of aromatic hydroxyl groups is 1. The van der Waals surface area contributed by atoms with Gasteiger partial charge in [0.15, 0.2) is 5.96 Å². The predicted molar refractivity (Wildman–Crippen MR) is 118 cm³/mol. The molecule has 2 rings (SSSR count). The number of aliphatic imine (C=N–C) groups is 1. The number of phenolic OH excluding ortho intramolecular Hbond substituents is 1. The van der Waals surface area contributed by atoms with E-state index in [1.54, 1.807) is 12.1 Å². The zero-order valence-corrected chi connectivity index (χ0v) is 17.8. The average molecular weight is 471 g/mol. The third-order valence-corrected chi connectivity index (χ3v) is 4.45. The zero-order valence-electron chi connectivity index (χ0n) is 14.6. The summed E-state index contributed by atoms with van der Waals surface area (Å²) in [4.78, 5) is 5.87. The van der Waals surface area contributed by atoms with Gasteiger partial charge in [-0.1, -0.05) is 37.3 Å². The molecule has 0 amide bonds. The van der Waals surface area contributed by atoms with Gasteiger partial charge >= 0.3 is 0 Å². The lowest BCUT2D eigenvalue weighted by molar-refractivity contribution is 0.475. The Morgan fingerprint density at radius 3 is 2.40 bits per heavy atom. The largest absolute Gasteiger partial charge is 0.508 e. The van der Waals surface area contributed by atoms with Crippen molar-refractivity contribution < 1.29 is 5.11 Å². The molecule has 0 saturated heterocycles. The molecule has 3 N–H and O–H groups in total. The van der Waals surface area contributed by atoms with E-state index in [1.807, 2.05) is 30.0 Å². The van der Waals surface area contributed by atoms with Gasteiger partial charge in [-0.25, -0.2) is 4.99 Å². The second-order valence-corrected chi connectivity index (χ2v) is 7.00. The number of benzene rings is 2. The molecule has 0 radical (unpaired) electrons. The summed E-state index contributed by atoms with van der Waals surface area (Å²) in [5.41, 5.74) is 1.07. The molecule has 0 fully saturated rings. The van der Waals surface area contributed by atoms with Crippen molar-refractivity contribution in [1.82, 2.24) is 10.6 Å². The van der Waals surface area contributed by atoms with E-state index in [2.05, 4.69) is 53.7 Å². The van der Waals surface area contributed by atoms with Crippen LogP contribution in [-0.4, -0.2) is 29.4 Å². The van der Waals surface area contributed by atoms with Crippen LogP contribution in [0.4, 0.5) is 0 Å². The van der Waals surface area contributed by atoms with Gasteiger partial charge in [-0.15, -0.1) is 35.7 Å². The lowest BCUT2D eigenvalue weighted by atomic mass is 10.2. The molecular weight excluding hydrogens is 445 g/mol. The van der Waals surface area contributed by atoms with Crippen LogP contribution in [0.2, 0.25) is 0 Å². The number of halogens is 1. The number of nitrogens with zero attached hydrogens (tertiary/aromatic N) is 1. The highest BCUT2D eigenvalue weighted by atomic mass is 127. The molecule has 2 aromatic carbocycles. The summed E-state index contributed by atoms with van der Waals surface area (Å²) in [5.74, 6) is 1.09. The molecule has 0 spiro atoms. The SMILES string of the molecule is CCNC(=NCc1ccc(O)cc1)NCC(C)Sc1ccccc1.I. The molecule has 25 heavy (non-hydrogen) atoms. The molecule has 0 saturated carbocycles. The van der Waals surface area contributed by atoms with Crippen LogP contribution in [0.3, 0.4) is 0 Å². The number of hydrogen-bond acceptors (Lipinski definition) is 3. The first-order valence-electron chi connectivity index (χ1n) is 8.19. The molecule has 1 atom stereocenters. The maximum Gasteiger partial charge on any atom is 0.191 e. The highest BCUT2D eigenvalue weighted by Crippen LogP contribution is 2.21. The molecular formula is C19H26IN3OS. The second kappa shape index (κ2) is 12.0. The number of nitrogens with one attached hydrogen (secondary N) is 2. The molecule has 0 heterocycles. The van der Waals surface area contributed by atoms with Crippen LogP contribution in [0.25, 0.3) is 0 Å². The van der Waals surface area contributed by atoms with Crippen LogP contribution in [0.15, 0.2) is 64.5 Å². The fourth-order valence-corrected chi connectivity index (χ4v) is 3.07. The molecule has 0 aliphatic carbocycles. The number of phenols is 1. The van der Waals surface area contributed by atoms with E-state index in [1.165, 1.54) is 4.90 Å². The Labute approximate surface area is 171 Å². The van der Waals surface area contributed by atoms with E-state index in [0.29, 0.717) is 11.8 Å². The van der Waals surface area contributed by atoms with Gasteiger partial charge < -0.3 is 15.7 Å². The van der Waals surface area contributed by atoms with Crippen LogP contribution in [0.5, 0.6) is 5.75 Å². The smallest absolute Gasteiger partial charge is 0.191 e. The van der Waals surface area contributed by atoms with Crippen LogP contribution in [0.1, 0.15) is 19.4 Å². The predicted octanol–water partition coefficient (Wildman–Crippen LogP) is 4.25. The highest BCUT2D eigenvalue weighted by Gasteiger charge is 2.05. The van der Waals surface area contributed by atoms with Gasteiger partial charge in [0.2, 0.25) is 0 Å². The molecule has 2 aromatic rings. The summed E-state index contributed by atoms with van der Waals surface area (Å²) in [7, 11) is 0. The van der Waals surface area contributed by atoms with Crippen molar-refractivity contribution in [2.75, 3.05) is 13.1 Å². The lowest BCUT2D eigenvalue weighted by Crippen LogP contribution is -2.40. The number of rotatable bonds is 7. The van der Waals surface area contributed by atoms with E-state index >= 15 is 0 Å². The Morgan fingerprint density at radius 1 is 1.08 bits per heavy atom. The Kier molecular flexibility index (Phi) is 10.4. The summed E-state index contributed by atoms with van der Waals surface area (Å²) in [6, 6.07) is 17.6. The Morgan fingerprint density at radius 2 is 1.76 bits per heavy atom. The summed E-state index contributed by atoms with van der Waals surface area (Å²) in [6.07, 6.45) is 0. The third kappa shape index (κ3) is 8.49. The third-order valence-electron chi connectivity index (χ3n) is 3.34. The molecule has 0 aliphatic heterocycles. The summed E-state index contributed by atoms with van der Waals surface area (Å²) in [6.45, 7) is 6.49. The molecule has 4 nitrogen and oxygen atoms in total. The van der Waals surface area contributed by atoms with Gasteiger partial charge in [-0.3, -0.25) is 0 Å². The van der Waals surface area contributed by atoms with Crippen molar-refractivity contribution in [3.8, 4) is 5.75 Å². The van der Waals surface area contributed by atoms with Gasteiger partial charge in [0.1, 0.15) is 5.75 Å². The first-order chi connectivity index (χ1) is 11.7. The average Bonchev–Trinajstić information content (AvgIpc) is 2.59. The molecule has 136 valence electrons. The minimum Gasteiger partial charge on any atom is -0.508 e. The van der Waals surface area contributed by atoms with Crippen LogP contribution >= 0.6 is 35.7 Å². The van der Waals surface area contributed by atoms with Crippen LogP contribution < -0.4 is 10.6 Å². The second-order valence-electron chi connectivity index (χ2n) is 5.48. The van der Waals surface area contributed by atoms with Gasteiger partial charge in [0.05, 0.1) is 6.54 Å². The van der Waals surface area contributed by atoms with Gasteiger partial charge in [-0.05, 0) is 36.8 Å². The fraction of sp³-hybridized carbons (Fsp3) is 0.316. The zero-order chi connectivity index (χ0) is 17.2. The van der Waals surface area contributed by atoms with E-state index in [9.17, 15) is 5.11 Å². The Balaban J connectivity index is 0.00000312. The van der Waals surface area contributed by atoms with Gasteiger partial charge in [0.25, 0.3) is 0 Å². The summed E-state index contributed by atoms with van der Waals surface area (Å²) >= 11 is 1.85. The van der Waals surface area contributed by atoms with Crippen molar-refractivity contribution in [3.05, 3.63) is 60.2 Å². The van der Waals surface area contributed by atoms with Crippen molar-refractivity contribution >= 4 is 41.7 Å². The molecule has 6 heteroatoms. The molecule has 0 aromatic heterocycles. The van der Waals surface area contributed by atoms with Crippen molar-refractivity contribution in [2.45, 2.75) is 30.5 Å². The van der Waals surface area contributed by atoms with E-state index in [0.717, 1.165) is 24.6 Å². The topological polar surface area (TPSA) is 56.7 Å². The standard InChI is InChI=1S/C19H25N3OS.HI/c1-3-20-19(22-14-16-9-11-17(23)12-10-16)21-13-15(2)24-18-7-5-4-6-8-18;/h4-12,15,23H,3,13-14H2,1-2H3,(H2,20,21,22);1H. The lowest BCUT2D eigenvalue weighted by Gasteiger charge is -2.15. The van der Waals surface area contributed by atoms with Gasteiger partial charge in [-0.2, -0.15) is 0 Å². The summed E-state index contributed by atoms with van der Waals surface area (Å²) < 4.78 is 0. The Hall–Kier alpha value is -1.41. The minimum absolute atomic E-state index is 0. The maximum atomic E-state index is 9.32.